The number of hydrogen-bond acceptors (Lipinski definition) is 1. The Hall–Kier alpha value is -0.670. The van der Waals surface area contributed by atoms with Crippen molar-refractivity contribution in [3.8, 4) is 0 Å². The first kappa shape index (κ1) is 12.4. The quantitative estimate of drug-likeness (QED) is 0.712. The number of rotatable bonds is 4. The van der Waals surface area contributed by atoms with Crippen LogP contribution in [0.3, 0.4) is 0 Å². The molecule has 4 heteroatoms. The molecule has 1 aliphatic heterocycles. The predicted octanol–water partition coefficient (Wildman–Crippen LogP) is 2.68. The van der Waals surface area contributed by atoms with Crippen molar-refractivity contribution in [2.75, 3.05) is 13.1 Å². The Morgan fingerprint density at radius 3 is 2.27 bits per heavy atom. The van der Waals surface area contributed by atoms with Gasteiger partial charge in [-0.2, -0.15) is 0 Å². The summed E-state index contributed by atoms with van der Waals surface area (Å²) in [5.74, 6) is -2.77. The van der Waals surface area contributed by atoms with Gasteiger partial charge in [0.25, 0.3) is 5.92 Å². The Labute approximate surface area is 89.6 Å². The number of hydrogen-bond donors (Lipinski definition) is 0. The van der Waals surface area contributed by atoms with Crippen molar-refractivity contribution >= 4 is 5.91 Å². The molecule has 1 heterocycles. The molecule has 0 aromatic rings. The fraction of sp³-hybridized carbons (Fsp3) is 0.909. The van der Waals surface area contributed by atoms with E-state index in [0.29, 0.717) is 6.42 Å². The third-order valence-corrected chi connectivity index (χ3v) is 3.23. The topological polar surface area (TPSA) is 20.3 Å². The highest BCUT2D eigenvalue weighted by molar-refractivity contribution is 5.83. The van der Waals surface area contributed by atoms with Gasteiger partial charge < -0.3 is 4.90 Å². The molecule has 88 valence electrons. The molecule has 1 atom stereocenters. The van der Waals surface area contributed by atoms with Crippen LogP contribution in [0.1, 0.15) is 40.0 Å². The summed E-state index contributed by atoms with van der Waals surface area (Å²) >= 11 is 0. The van der Waals surface area contributed by atoms with Gasteiger partial charge in [0.05, 0.1) is 13.1 Å². The summed E-state index contributed by atoms with van der Waals surface area (Å²) in [7, 11) is 0. The average molecular weight is 219 g/mol. The monoisotopic (exact) mass is 219 g/mol. The summed E-state index contributed by atoms with van der Waals surface area (Å²) in [5, 5.41) is 0. The Balaban J connectivity index is 2.59. The minimum atomic E-state index is -2.66. The number of amides is 1. The molecule has 0 saturated carbocycles. The first-order chi connectivity index (χ1) is 6.84. The molecule has 1 saturated heterocycles. The lowest BCUT2D eigenvalue weighted by molar-refractivity contribution is -0.175. The molecule has 1 amide bonds. The normalized spacial score (nSPS) is 23.1. The molecule has 1 aliphatic rings. The van der Waals surface area contributed by atoms with Gasteiger partial charge in [0, 0.05) is 5.41 Å². The van der Waals surface area contributed by atoms with E-state index >= 15 is 0 Å². The number of likely N-dealkylation sites (tertiary alicyclic amines) is 1. The van der Waals surface area contributed by atoms with Crippen molar-refractivity contribution in [2.24, 2.45) is 5.41 Å². The fourth-order valence-electron chi connectivity index (χ4n) is 2.02. The van der Waals surface area contributed by atoms with E-state index in [4.69, 9.17) is 0 Å². The van der Waals surface area contributed by atoms with Gasteiger partial charge in [-0.1, -0.05) is 27.2 Å². The molecular formula is C11H19F2NO. The Kier molecular flexibility index (Phi) is 3.36. The molecular weight excluding hydrogens is 200 g/mol. The third kappa shape index (κ3) is 2.47. The van der Waals surface area contributed by atoms with E-state index in [1.54, 1.807) is 0 Å². The SMILES string of the molecule is CCCC(C)(CC)C(=O)N1CC(F)(F)C1. The van der Waals surface area contributed by atoms with Gasteiger partial charge in [0.15, 0.2) is 0 Å². The summed E-state index contributed by atoms with van der Waals surface area (Å²) < 4.78 is 25.3. The van der Waals surface area contributed by atoms with Crippen LogP contribution < -0.4 is 0 Å². The van der Waals surface area contributed by atoms with Gasteiger partial charge in [-0.25, -0.2) is 8.78 Å². The van der Waals surface area contributed by atoms with Gasteiger partial charge in [0.2, 0.25) is 5.91 Å². The summed E-state index contributed by atoms with van der Waals surface area (Å²) in [5.41, 5.74) is -0.453. The summed E-state index contributed by atoms with van der Waals surface area (Å²) in [6.45, 7) is 5.02. The highest BCUT2D eigenvalue weighted by Crippen LogP contribution is 2.35. The lowest BCUT2D eigenvalue weighted by atomic mass is 9.80. The van der Waals surface area contributed by atoms with Crippen molar-refractivity contribution in [1.82, 2.24) is 4.90 Å². The van der Waals surface area contributed by atoms with Gasteiger partial charge in [-0.3, -0.25) is 4.79 Å². The molecule has 0 spiro atoms. The van der Waals surface area contributed by atoms with Crippen LogP contribution in [-0.4, -0.2) is 29.8 Å². The zero-order valence-electron chi connectivity index (χ0n) is 9.65. The maximum atomic E-state index is 12.6. The Bertz CT molecular complexity index is 247. The molecule has 1 unspecified atom stereocenters. The van der Waals surface area contributed by atoms with Crippen molar-refractivity contribution in [1.29, 1.82) is 0 Å². The molecule has 1 fully saturated rings. The van der Waals surface area contributed by atoms with Crippen molar-refractivity contribution < 1.29 is 13.6 Å². The largest absolute Gasteiger partial charge is 0.330 e. The summed E-state index contributed by atoms with van der Waals surface area (Å²) in [6.07, 6.45) is 2.38. The zero-order valence-corrected chi connectivity index (χ0v) is 9.65. The lowest BCUT2D eigenvalue weighted by Crippen LogP contribution is -2.61. The van der Waals surface area contributed by atoms with E-state index < -0.39 is 24.4 Å². The van der Waals surface area contributed by atoms with Crippen LogP contribution >= 0.6 is 0 Å². The Morgan fingerprint density at radius 2 is 1.93 bits per heavy atom. The molecule has 0 aromatic heterocycles. The van der Waals surface area contributed by atoms with E-state index in [9.17, 15) is 13.6 Å². The maximum Gasteiger partial charge on any atom is 0.282 e. The van der Waals surface area contributed by atoms with Crippen LogP contribution in [0, 0.1) is 5.41 Å². The van der Waals surface area contributed by atoms with Gasteiger partial charge in [-0.05, 0) is 12.8 Å². The molecule has 1 rings (SSSR count). The third-order valence-electron chi connectivity index (χ3n) is 3.23. The highest BCUT2D eigenvalue weighted by atomic mass is 19.3. The summed E-state index contributed by atoms with van der Waals surface area (Å²) in [6, 6.07) is 0. The Morgan fingerprint density at radius 1 is 1.40 bits per heavy atom. The number of halogens is 2. The van der Waals surface area contributed by atoms with E-state index in [1.165, 1.54) is 4.90 Å². The number of nitrogens with zero attached hydrogens (tertiary/aromatic N) is 1. The van der Waals surface area contributed by atoms with Crippen LogP contribution in [0.25, 0.3) is 0 Å². The standard InChI is InChI=1S/C11H19F2NO/c1-4-6-10(3,5-2)9(15)14-7-11(12,13)8-14/h4-8H2,1-3H3. The van der Waals surface area contributed by atoms with Crippen molar-refractivity contribution in [2.45, 2.75) is 46.0 Å². The van der Waals surface area contributed by atoms with Crippen LogP contribution in [-0.2, 0) is 4.79 Å². The van der Waals surface area contributed by atoms with Gasteiger partial charge in [-0.15, -0.1) is 0 Å². The van der Waals surface area contributed by atoms with Crippen LogP contribution in [0.2, 0.25) is 0 Å². The smallest absolute Gasteiger partial charge is 0.282 e. The predicted molar refractivity (Wildman–Crippen MR) is 54.8 cm³/mol. The average Bonchev–Trinajstić information content (AvgIpc) is 2.13. The lowest BCUT2D eigenvalue weighted by Gasteiger charge is -2.43. The molecule has 0 bridgehead atoms. The first-order valence-corrected chi connectivity index (χ1v) is 5.52. The maximum absolute atomic E-state index is 12.6. The van der Waals surface area contributed by atoms with E-state index in [2.05, 4.69) is 0 Å². The zero-order chi connectivity index (χ0) is 11.7. The second-order valence-corrected chi connectivity index (χ2v) is 4.68. The molecule has 0 aromatic carbocycles. The van der Waals surface area contributed by atoms with Gasteiger partial charge >= 0.3 is 0 Å². The molecule has 0 radical (unpaired) electrons. The molecule has 15 heavy (non-hydrogen) atoms. The molecule has 2 nitrogen and oxygen atoms in total. The first-order valence-electron chi connectivity index (χ1n) is 5.52. The molecule has 0 N–H and O–H groups in total. The number of alkyl halides is 2. The number of carbonyl (C=O) groups excluding carboxylic acids is 1. The second kappa shape index (κ2) is 4.06. The molecule has 0 aliphatic carbocycles. The van der Waals surface area contributed by atoms with Crippen LogP contribution in [0.4, 0.5) is 8.78 Å². The minimum absolute atomic E-state index is 0.113. The minimum Gasteiger partial charge on any atom is -0.330 e. The van der Waals surface area contributed by atoms with Crippen LogP contribution in [0.5, 0.6) is 0 Å². The van der Waals surface area contributed by atoms with Crippen LogP contribution in [0.15, 0.2) is 0 Å². The van der Waals surface area contributed by atoms with E-state index in [0.717, 1.165) is 12.8 Å². The highest BCUT2D eigenvalue weighted by Gasteiger charge is 2.49. The summed E-state index contributed by atoms with van der Waals surface area (Å²) in [4.78, 5) is 13.2. The second-order valence-electron chi connectivity index (χ2n) is 4.68. The van der Waals surface area contributed by atoms with Crippen molar-refractivity contribution in [3.63, 3.8) is 0 Å². The van der Waals surface area contributed by atoms with E-state index in [1.807, 2.05) is 20.8 Å². The fourth-order valence-corrected chi connectivity index (χ4v) is 2.02. The number of carbonyl (C=O) groups is 1. The van der Waals surface area contributed by atoms with E-state index in [-0.39, 0.29) is 5.91 Å². The van der Waals surface area contributed by atoms with Gasteiger partial charge in [0.1, 0.15) is 0 Å². The van der Waals surface area contributed by atoms with Crippen molar-refractivity contribution in [3.05, 3.63) is 0 Å².